The average molecular weight is 232 g/mol. The van der Waals surface area contributed by atoms with E-state index < -0.39 is 6.10 Å². The highest BCUT2D eigenvalue weighted by atomic mass is 16.5. The second-order valence-electron chi connectivity index (χ2n) is 3.69. The lowest BCUT2D eigenvalue weighted by atomic mass is 10.2. The number of terminal acetylenes is 1. The molecule has 0 heterocycles. The highest BCUT2D eigenvalue weighted by molar-refractivity contribution is 5.28. The van der Waals surface area contributed by atoms with E-state index >= 15 is 0 Å². The summed E-state index contributed by atoms with van der Waals surface area (Å²) in [6.45, 7) is 1.19. The van der Waals surface area contributed by atoms with Crippen LogP contribution in [0, 0.1) is 18.8 Å². The van der Waals surface area contributed by atoms with Crippen molar-refractivity contribution in [3.63, 3.8) is 0 Å². The predicted molar refractivity (Wildman–Crippen MR) is 68.5 cm³/mol. The summed E-state index contributed by atoms with van der Waals surface area (Å²) in [5, 5.41) is 12.7. The average Bonchev–Trinajstić information content (AvgIpc) is 2.36. The highest BCUT2D eigenvalue weighted by Crippen LogP contribution is 2.12. The predicted octanol–water partition coefficient (Wildman–Crippen LogP) is 1.37. The SMILES string of the molecule is C#CC[CH][C@H](O)CNCc1cccc(OC)c1. The van der Waals surface area contributed by atoms with Crippen LogP contribution in [0.2, 0.25) is 0 Å². The topological polar surface area (TPSA) is 41.5 Å². The maximum atomic E-state index is 9.52. The Morgan fingerprint density at radius 2 is 2.41 bits per heavy atom. The van der Waals surface area contributed by atoms with Crippen molar-refractivity contribution in [1.82, 2.24) is 5.32 Å². The van der Waals surface area contributed by atoms with Gasteiger partial charge >= 0.3 is 0 Å². The van der Waals surface area contributed by atoms with Crippen molar-refractivity contribution in [1.29, 1.82) is 0 Å². The Morgan fingerprint density at radius 1 is 1.59 bits per heavy atom. The van der Waals surface area contributed by atoms with Gasteiger partial charge in [-0.2, -0.15) is 0 Å². The molecule has 0 aliphatic heterocycles. The van der Waals surface area contributed by atoms with Crippen molar-refractivity contribution in [3.05, 3.63) is 36.2 Å². The molecular weight excluding hydrogens is 214 g/mol. The molecule has 1 rings (SSSR count). The minimum atomic E-state index is -0.503. The number of aliphatic hydroxyl groups is 1. The molecule has 0 spiro atoms. The smallest absolute Gasteiger partial charge is 0.119 e. The van der Waals surface area contributed by atoms with Gasteiger partial charge in [-0.3, -0.25) is 0 Å². The zero-order valence-electron chi connectivity index (χ0n) is 10.0. The van der Waals surface area contributed by atoms with Gasteiger partial charge in [-0.25, -0.2) is 0 Å². The highest BCUT2D eigenvalue weighted by Gasteiger charge is 2.02. The summed E-state index contributed by atoms with van der Waals surface area (Å²) >= 11 is 0. The van der Waals surface area contributed by atoms with Gasteiger partial charge in [-0.15, -0.1) is 12.3 Å². The van der Waals surface area contributed by atoms with Crippen LogP contribution in [0.1, 0.15) is 12.0 Å². The van der Waals surface area contributed by atoms with Gasteiger partial charge in [0.05, 0.1) is 13.2 Å². The molecule has 0 saturated heterocycles. The van der Waals surface area contributed by atoms with E-state index in [1.165, 1.54) is 0 Å². The normalized spacial score (nSPS) is 11.8. The molecule has 3 heteroatoms. The van der Waals surface area contributed by atoms with Crippen LogP contribution in [-0.2, 0) is 6.54 Å². The summed E-state index contributed by atoms with van der Waals surface area (Å²) in [6.07, 6.45) is 6.79. The zero-order chi connectivity index (χ0) is 12.5. The van der Waals surface area contributed by atoms with E-state index in [4.69, 9.17) is 11.2 Å². The maximum absolute atomic E-state index is 9.52. The molecule has 0 unspecified atom stereocenters. The van der Waals surface area contributed by atoms with E-state index in [9.17, 15) is 5.11 Å². The molecule has 2 N–H and O–H groups in total. The first-order valence-electron chi connectivity index (χ1n) is 5.54. The number of methoxy groups -OCH3 is 1. The van der Waals surface area contributed by atoms with Crippen molar-refractivity contribution in [2.75, 3.05) is 13.7 Å². The number of ether oxygens (including phenoxy) is 1. The molecule has 1 radical (unpaired) electrons. The van der Waals surface area contributed by atoms with Crippen LogP contribution in [0.4, 0.5) is 0 Å². The molecule has 0 bridgehead atoms. The summed E-state index contributed by atoms with van der Waals surface area (Å²) in [5.74, 6) is 3.30. The number of benzene rings is 1. The third-order valence-electron chi connectivity index (χ3n) is 2.32. The molecule has 91 valence electrons. The van der Waals surface area contributed by atoms with Gasteiger partial charge in [0.2, 0.25) is 0 Å². The lowest BCUT2D eigenvalue weighted by molar-refractivity contribution is 0.201. The lowest BCUT2D eigenvalue weighted by Crippen LogP contribution is -2.26. The number of hydrogen-bond acceptors (Lipinski definition) is 3. The van der Waals surface area contributed by atoms with Gasteiger partial charge < -0.3 is 15.2 Å². The van der Waals surface area contributed by atoms with Crippen LogP contribution in [0.5, 0.6) is 5.75 Å². The first kappa shape index (κ1) is 13.6. The molecular formula is C14H18NO2. The first-order valence-corrected chi connectivity index (χ1v) is 5.54. The Labute approximate surface area is 103 Å². The molecule has 0 amide bonds. The number of rotatable bonds is 7. The fourth-order valence-corrected chi connectivity index (χ4v) is 1.43. The van der Waals surface area contributed by atoms with E-state index in [0.717, 1.165) is 11.3 Å². The number of nitrogens with one attached hydrogen (secondary N) is 1. The molecule has 1 aromatic rings. The van der Waals surface area contributed by atoms with Crippen LogP contribution < -0.4 is 10.1 Å². The van der Waals surface area contributed by atoms with Crippen molar-refractivity contribution in [2.24, 2.45) is 0 Å². The lowest BCUT2D eigenvalue weighted by Gasteiger charge is -2.10. The standard InChI is InChI=1S/C14H18NO2/c1-3-4-7-13(16)11-15-10-12-6-5-8-14(9-12)17-2/h1,5-9,13,15-16H,4,10-11H2,2H3/t13-/m0/s1. The van der Waals surface area contributed by atoms with Gasteiger partial charge in [-0.05, 0) is 17.7 Å². The third-order valence-corrected chi connectivity index (χ3v) is 2.32. The zero-order valence-corrected chi connectivity index (χ0v) is 10.0. The van der Waals surface area contributed by atoms with Gasteiger partial charge in [0.15, 0.2) is 0 Å². The van der Waals surface area contributed by atoms with Gasteiger partial charge in [-0.1, -0.05) is 12.1 Å². The Balaban J connectivity index is 2.28. The minimum Gasteiger partial charge on any atom is -0.497 e. The summed E-state index contributed by atoms with van der Waals surface area (Å²) in [4.78, 5) is 0. The van der Waals surface area contributed by atoms with Gasteiger partial charge in [0.1, 0.15) is 5.75 Å². The molecule has 0 aliphatic rings. The van der Waals surface area contributed by atoms with Crippen LogP contribution >= 0.6 is 0 Å². The molecule has 17 heavy (non-hydrogen) atoms. The Hall–Kier alpha value is -1.50. The van der Waals surface area contributed by atoms with Crippen LogP contribution in [0.15, 0.2) is 24.3 Å². The van der Waals surface area contributed by atoms with E-state index in [0.29, 0.717) is 19.5 Å². The fourth-order valence-electron chi connectivity index (χ4n) is 1.43. The number of aliphatic hydroxyl groups excluding tert-OH is 1. The monoisotopic (exact) mass is 232 g/mol. The van der Waals surface area contributed by atoms with Crippen LogP contribution in [-0.4, -0.2) is 24.9 Å². The second kappa shape index (κ2) is 7.72. The molecule has 3 nitrogen and oxygen atoms in total. The molecule has 0 aromatic heterocycles. The first-order chi connectivity index (χ1) is 8.26. The summed E-state index contributed by atoms with van der Waals surface area (Å²) in [7, 11) is 1.64. The Bertz CT molecular complexity index is 371. The number of hydrogen-bond donors (Lipinski definition) is 2. The molecule has 0 fully saturated rings. The van der Waals surface area contributed by atoms with E-state index in [1.807, 2.05) is 24.3 Å². The molecule has 1 atom stereocenters. The fraction of sp³-hybridized carbons (Fsp3) is 0.357. The van der Waals surface area contributed by atoms with Gasteiger partial charge in [0, 0.05) is 25.9 Å². The van der Waals surface area contributed by atoms with E-state index in [-0.39, 0.29) is 0 Å². The maximum Gasteiger partial charge on any atom is 0.119 e. The van der Waals surface area contributed by atoms with Crippen molar-refractivity contribution in [3.8, 4) is 18.1 Å². The van der Waals surface area contributed by atoms with Crippen LogP contribution in [0.3, 0.4) is 0 Å². The third kappa shape index (κ3) is 5.39. The van der Waals surface area contributed by atoms with Crippen molar-refractivity contribution in [2.45, 2.75) is 19.1 Å². The molecule has 0 saturated carbocycles. The second-order valence-corrected chi connectivity index (χ2v) is 3.69. The van der Waals surface area contributed by atoms with E-state index in [2.05, 4.69) is 11.2 Å². The van der Waals surface area contributed by atoms with Crippen molar-refractivity contribution >= 4 is 0 Å². The minimum absolute atomic E-state index is 0.488. The summed E-state index contributed by atoms with van der Waals surface area (Å²) in [5.41, 5.74) is 1.12. The van der Waals surface area contributed by atoms with E-state index in [1.54, 1.807) is 13.5 Å². The molecule has 0 aliphatic carbocycles. The van der Waals surface area contributed by atoms with Gasteiger partial charge in [0.25, 0.3) is 0 Å². The molecule has 1 aromatic carbocycles. The van der Waals surface area contributed by atoms with Crippen molar-refractivity contribution < 1.29 is 9.84 Å². The van der Waals surface area contributed by atoms with Crippen LogP contribution in [0.25, 0.3) is 0 Å². The Kier molecular flexibility index (Phi) is 6.16. The Morgan fingerprint density at radius 3 is 3.12 bits per heavy atom. The summed E-state index contributed by atoms with van der Waals surface area (Å²) < 4.78 is 5.13. The quantitative estimate of drug-likeness (QED) is 0.698. The largest absolute Gasteiger partial charge is 0.497 e. The summed E-state index contributed by atoms with van der Waals surface area (Å²) in [6, 6.07) is 7.81.